The second-order valence-electron chi connectivity index (χ2n) is 5.65. The van der Waals surface area contributed by atoms with Gasteiger partial charge in [0.25, 0.3) is 5.91 Å². The topological polar surface area (TPSA) is 96.0 Å². The van der Waals surface area contributed by atoms with Crippen LogP contribution in [0, 0.1) is 0 Å². The van der Waals surface area contributed by atoms with Gasteiger partial charge in [-0.2, -0.15) is 0 Å². The van der Waals surface area contributed by atoms with Gasteiger partial charge in [0, 0.05) is 29.0 Å². The fraction of sp³-hybridized carbons (Fsp3) is 0.0526. The van der Waals surface area contributed by atoms with Gasteiger partial charge in [-0.15, -0.1) is 10.2 Å². The van der Waals surface area contributed by atoms with Gasteiger partial charge in [-0.1, -0.05) is 17.7 Å². The van der Waals surface area contributed by atoms with Crippen LogP contribution >= 0.6 is 11.6 Å². The molecule has 0 aliphatic carbocycles. The molecular weight excluding hydrogens is 366 g/mol. The lowest BCUT2D eigenvalue weighted by atomic mass is 10.2. The molecule has 0 unspecified atom stereocenters. The lowest BCUT2D eigenvalue weighted by Gasteiger charge is -2.08. The van der Waals surface area contributed by atoms with Crippen LogP contribution in [0.25, 0.3) is 0 Å². The third kappa shape index (κ3) is 5.26. The van der Waals surface area contributed by atoms with Crippen LogP contribution in [-0.2, 0) is 4.79 Å². The number of aromatic nitrogens is 2. The molecule has 0 bridgehead atoms. The van der Waals surface area contributed by atoms with E-state index in [2.05, 4.69) is 26.1 Å². The van der Waals surface area contributed by atoms with Gasteiger partial charge in [0.1, 0.15) is 0 Å². The molecule has 3 rings (SSSR count). The van der Waals surface area contributed by atoms with Crippen LogP contribution in [0.5, 0.6) is 0 Å². The summed E-state index contributed by atoms with van der Waals surface area (Å²) in [6, 6.07) is 17.2. The van der Waals surface area contributed by atoms with Gasteiger partial charge in [0.15, 0.2) is 11.5 Å². The van der Waals surface area contributed by atoms with Crippen LogP contribution in [0.1, 0.15) is 17.4 Å². The Hall–Kier alpha value is -3.45. The van der Waals surface area contributed by atoms with Gasteiger partial charge in [0.05, 0.1) is 0 Å². The molecule has 1 heterocycles. The number of nitrogens with one attached hydrogen (secondary N) is 3. The van der Waals surface area contributed by atoms with Crippen molar-refractivity contribution >= 4 is 46.3 Å². The van der Waals surface area contributed by atoms with Gasteiger partial charge in [-0.3, -0.25) is 9.59 Å². The quantitative estimate of drug-likeness (QED) is 0.618. The molecular formula is C19H16ClN5O2. The maximum atomic E-state index is 12.3. The molecule has 136 valence electrons. The Labute approximate surface area is 160 Å². The number of anilines is 4. The molecule has 2 amide bonds. The Kier molecular flexibility index (Phi) is 5.63. The predicted octanol–water partition coefficient (Wildman–Crippen LogP) is 4.08. The molecule has 0 fully saturated rings. The summed E-state index contributed by atoms with van der Waals surface area (Å²) in [5, 5.41) is 17.0. The lowest BCUT2D eigenvalue weighted by Crippen LogP contribution is -2.14. The van der Waals surface area contributed by atoms with E-state index in [-0.39, 0.29) is 17.5 Å². The van der Waals surface area contributed by atoms with E-state index in [1.54, 1.807) is 48.5 Å². The number of benzene rings is 2. The minimum Gasteiger partial charge on any atom is -0.339 e. The molecule has 2 aromatic carbocycles. The average molecular weight is 382 g/mol. The number of rotatable bonds is 5. The normalized spacial score (nSPS) is 10.1. The molecule has 1 aromatic heterocycles. The molecule has 8 heteroatoms. The molecule has 3 aromatic rings. The first-order chi connectivity index (χ1) is 13.0. The smallest absolute Gasteiger partial charge is 0.276 e. The van der Waals surface area contributed by atoms with Crippen molar-refractivity contribution in [2.24, 2.45) is 0 Å². The highest BCUT2D eigenvalue weighted by Crippen LogP contribution is 2.19. The highest BCUT2D eigenvalue weighted by Gasteiger charge is 2.09. The van der Waals surface area contributed by atoms with Crippen LogP contribution in [0.2, 0.25) is 5.02 Å². The Bertz CT molecular complexity index is 959. The molecule has 0 atom stereocenters. The number of halogens is 1. The van der Waals surface area contributed by atoms with Gasteiger partial charge >= 0.3 is 0 Å². The minimum atomic E-state index is -0.385. The van der Waals surface area contributed by atoms with Crippen molar-refractivity contribution in [3.05, 3.63) is 71.4 Å². The van der Waals surface area contributed by atoms with E-state index >= 15 is 0 Å². The van der Waals surface area contributed by atoms with E-state index in [4.69, 9.17) is 11.6 Å². The molecule has 0 radical (unpaired) electrons. The molecule has 0 aliphatic rings. The van der Waals surface area contributed by atoms with Gasteiger partial charge < -0.3 is 16.0 Å². The zero-order valence-electron chi connectivity index (χ0n) is 14.4. The second kappa shape index (κ2) is 8.29. The van der Waals surface area contributed by atoms with Crippen LogP contribution in [0.15, 0.2) is 60.7 Å². The monoisotopic (exact) mass is 381 g/mol. The molecule has 3 N–H and O–H groups in total. The third-order valence-electron chi connectivity index (χ3n) is 3.46. The van der Waals surface area contributed by atoms with Crippen molar-refractivity contribution in [1.29, 1.82) is 0 Å². The van der Waals surface area contributed by atoms with E-state index in [0.29, 0.717) is 22.2 Å². The zero-order valence-corrected chi connectivity index (χ0v) is 15.1. The van der Waals surface area contributed by atoms with Crippen molar-refractivity contribution in [1.82, 2.24) is 10.2 Å². The van der Waals surface area contributed by atoms with E-state index in [9.17, 15) is 9.59 Å². The Balaban J connectivity index is 1.62. The third-order valence-corrected chi connectivity index (χ3v) is 3.69. The van der Waals surface area contributed by atoms with E-state index < -0.39 is 0 Å². The zero-order chi connectivity index (χ0) is 19.2. The van der Waals surface area contributed by atoms with Crippen molar-refractivity contribution in [2.75, 3.05) is 16.0 Å². The number of hydrogen-bond donors (Lipinski definition) is 3. The highest BCUT2D eigenvalue weighted by molar-refractivity contribution is 6.30. The summed E-state index contributed by atoms with van der Waals surface area (Å²) in [4.78, 5) is 23.3. The average Bonchev–Trinajstić information content (AvgIpc) is 2.63. The number of carbonyl (C=O) groups is 2. The summed E-state index contributed by atoms with van der Waals surface area (Å²) in [7, 11) is 0. The fourth-order valence-corrected chi connectivity index (χ4v) is 2.46. The summed E-state index contributed by atoms with van der Waals surface area (Å²) in [5.74, 6) is -0.0499. The first-order valence-electron chi connectivity index (χ1n) is 8.05. The van der Waals surface area contributed by atoms with Crippen LogP contribution in [-0.4, -0.2) is 22.0 Å². The molecule has 0 saturated heterocycles. The first-order valence-corrected chi connectivity index (χ1v) is 8.43. The van der Waals surface area contributed by atoms with E-state index in [1.807, 2.05) is 12.1 Å². The Morgan fingerprint density at radius 3 is 2.15 bits per heavy atom. The highest BCUT2D eigenvalue weighted by atomic mass is 35.5. The minimum absolute atomic E-state index is 0.159. The van der Waals surface area contributed by atoms with Crippen molar-refractivity contribution in [3.63, 3.8) is 0 Å². The number of nitrogens with zero attached hydrogens (tertiary/aromatic N) is 2. The van der Waals surface area contributed by atoms with Gasteiger partial charge in [0.2, 0.25) is 5.91 Å². The standard InChI is InChI=1S/C19H16ClN5O2/c1-12(26)21-14-5-7-15(8-6-14)23-19(27)17-9-10-18(25-24-17)22-16-4-2-3-13(20)11-16/h2-11H,1H3,(H,21,26)(H,22,25)(H,23,27). The summed E-state index contributed by atoms with van der Waals surface area (Å²) in [6.07, 6.45) is 0. The van der Waals surface area contributed by atoms with Crippen molar-refractivity contribution in [2.45, 2.75) is 6.92 Å². The lowest BCUT2D eigenvalue weighted by molar-refractivity contribution is -0.114. The number of carbonyl (C=O) groups excluding carboxylic acids is 2. The van der Waals surface area contributed by atoms with E-state index in [1.165, 1.54) is 6.92 Å². The molecule has 7 nitrogen and oxygen atoms in total. The first kappa shape index (κ1) is 18.3. The summed E-state index contributed by atoms with van der Waals surface area (Å²) in [6.45, 7) is 1.43. The number of hydrogen-bond acceptors (Lipinski definition) is 5. The van der Waals surface area contributed by atoms with Crippen molar-refractivity contribution in [3.8, 4) is 0 Å². The predicted molar refractivity (Wildman–Crippen MR) is 105 cm³/mol. The summed E-state index contributed by atoms with van der Waals surface area (Å²) in [5.41, 5.74) is 2.18. The Morgan fingerprint density at radius 1 is 0.852 bits per heavy atom. The Morgan fingerprint density at radius 2 is 1.56 bits per heavy atom. The SMILES string of the molecule is CC(=O)Nc1ccc(NC(=O)c2ccc(Nc3cccc(Cl)c3)nn2)cc1. The van der Waals surface area contributed by atoms with E-state index in [0.717, 1.165) is 5.69 Å². The maximum absolute atomic E-state index is 12.3. The number of amides is 2. The molecule has 0 spiro atoms. The molecule has 0 aliphatic heterocycles. The summed E-state index contributed by atoms with van der Waals surface area (Å²) < 4.78 is 0. The maximum Gasteiger partial charge on any atom is 0.276 e. The fourth-order valence-electron chi connectivity index (χ4n) is 2.27. The van der Waals surface area contributed by atoms with Crippen molar-refractivity contribution < 1.29 is 9.59 Å². The van der Waals surface area contributed by atoms with Crippen LogP contribution in [0.4, 0.5) is 22.9 Å². The van der Waals surface area contributed by atoms with Gasteiger partial charge in [-0.05, 0) is 54.6 Å². The second-order valence-corrected chi connectivity index (χ2v) is 6.09. The molecule has 27 heavy (non-hydrogen) atoms. The van der Waals surface area contributed by atoms with Gasteiger partial charge in [-0.25, -0.2) is 0 Å². The van der Waals surface area contributed by atoms with Crippen LogP contribution < -0.4 is 16.0 Å². The van der Waals surface area contributed by atoms with Crippen LogP contribution in [0.3, 0.4) is 0 Å². The largest absolute Gasteiger partial charge is 0.339 e. The summed E-state index contributed by atoms with van der Waals surface area (Å²) >= 11 is 5.94. The molecule has 0 saturated carbocycles.